The number of carbonyl (C=O) groups excluding carboxylic acids is 1. The molecule has 76 valence electrons. The van der Waals surface area contributed by atoms with E-state index in [0.29, 0.717) is 13.1 Å². The lowest BCUT2D eigenvalue weighted by molar-refractivity contribution is 0.0769. The predicted octanol–water partition coefficient (Wildman–Crippen LogP) is 1.27. The standard InChI is InChI=1S/C10H14N2O2/c1-3-12(4-2)10(14)8-6-5-7-11-9(8)13/h5-7H,3-4H2,1-2H3,(H,11,13). The molecule has 4 heteroatoms. The molecule has 0 aliphatic rings. The molecule has 1 heterocycles. The van der Waals surface area contributed by atoms with Crippen molar-refractivity contribution in [1.82, 2.24) is 9.88 Å². The Hall–Kier alpha value is -1.58. The van der Waals surface area contributed by atoms with Crippen LogP contribution in [-0.4, -0.2) is 34.0 Å². The average Bonchev–Trinajstić information content (AvgIpc) is 2.20. The number of pyridine rings is 1. The Balaban J connectivity index is 2.94. The van der Waals surface area contributed by atoms with Gasteiger partial charge >= 0.3 is 0 Å². The third-order valence-electron chi connectivity index (χ3n) is 2.07. The molecule has 0 saturated heterocycles. The quantitative estimate of drug-likeness (QED) is 0.788. The lowest BCUT2D eigenvalue weighted by atomic mass is 10.2. The second-order valence-corrected chi connectivity index (χ2v) is 2.85. The van der Waals surface area contributed by atoms with E-state index in [1.165, 1.54) is 6.20 Å². The van der Waals surface area contributed by atoms with Gasteiger partial charge in [-0.25, -0.2) is 4.98 Å². The van der Waals surface area contributed by atoms with Crippen LogP contribution in [0.15, 0.2) is 18.3 Å². The number of aromatic nitrogens is 1. The largest absolute Gasteiger partial charge is 0.493 e. The molecule has 14 heavy (non-hydrogen) atoms. The highest BCUT2D eigenvalue weighted by Gasteiger charge is 2.16. The van der Waals surface area contributed by atoms with Crippen LogP contribution in [0, 0.1) is 0 Å². The van der Waals surface area contributed by atoms with E-state index < -0.39 is 0 Å². The summed E-state index contributed by atoms with van der Waals surface area (Å²) < 4.78 is 0. The van der Waals surface area contributed by atoms with Crippen LogP contribution in [0.5, 0.6) is 5.88 Å². The molecule has 0 aliphatic heterocycles. The van der Waals surface area contributed by atoms with Crippen molar-refractivity contribution in [2.24, 2.45) is 0 Å². The molecule has 0 aromatic carbocycles. The smallest absolute Gasteiger partial charge is 0.259 e. The van der Waals surface area contributed by atoms with Crippen LogP contribution in [-0.2, 0) is 0 Å². The maximum atomic E-state index is 11.8. The highest BCUT2D eigenvalue weighted by Crippen LogP contribution is 2.14. The van der Waals surface area contributed by atoms with Gasteiger partial charge in [-0.2, -0.15) is 0 Å². The Morgan fingerprint density at radius 3 is 2.64 bits per heavy atom. The zero-order chi connectivity index (χ0) is 10.6. The molecular weight excluding hydrogens is 180 g/mol. The first kappa shape index (κ1) is 10.5. The van der Waals surface area contributed by atoms with Gasteiger partial charge in [0.2, 0.25) is 5.88 Å². The minimum Gasteiger partial charge on any atom is -0.493 e. The second kappa shape index (κ2) is 4.60. The summed E-state index contributed by atoms with van der Waals surface area (Å²) in [6.45, 7) is 5.05. The summed E-state index contributed by atoms with van der Waals surface area (Å²) in [6.07, 6.45) is 1.45. The zero-order valence-electron chi connectivity index (χ0n) is 8.40. The summed E-state index contributed by atoms with van der Waals surface area (Å²) in [7, 11) is 0. The van der Waals surface area contributed by atoms with E-state index in [2.05, 4.69) is 4.98 Å². The molecule has 0 radical (unpaired) electrons. The van der Waals surface area contributed by atoms with Crippen LogP contribution >= 0.6 is 0 Å². The molecule has 1 rings (SSSR count). The minimum absolute atomic E-state index is 0.180. The summed E-state index contributed by atoms with van der Waals surface area (Å²) in [5, 5.41) is 9.36. The number of aromatic hydroxyl groups is 1. The Labute approximate surface area is 83.2 Å². The highest BCUT2D eigenvalue weighted by molar-refractivity contribution is 5.96. The number of hydrogen-bond donors (Lipinski definition) is 1. The Morgan fingerprint density at radius 2 is 2.14 bits per heavy atom. The summed E-state index contributed by atoms with van der Waals surface area (Å²) >= 11 is 0. The average molecular weight is 194 g/mol. The maximum absolute atomic E-state index is 11.8. The van der Waals surface area contributed by atoms with Gasteiger partial charge in [-0.15, -0.1) is 0 Å². The SMILES string of the molecule is CCN(CC)C(=O)c1cccnc1O. The van der Waals surface area contributed by atoms with Crippen LogP contribution in [0.25, 0.3) is 0 Å². The van der Waals surface area contributed by atoms with Crippen molar-refractivity contribution < 1.29 is 9.90 Å². The molecular formula is C10H14N2O2. The van der Waals surface area contributed by atoms with E-state index in [-0.39, 0.29) is 17.4 Å². The molecule has 1 amide bonds. The molecule has 0 spiro atoms. The fraction of sp³-hybridized carbons (Fsp3) is 0.400. The molecule has 0 aliphatic carbocycles. The normalized spacial score (nSPS) is 9.86. The molecule has 1 aromatic rings. The Morgan fingerprint density at radius 1 is 1.50 bits per heavy atom. The number of carbonyl (C=O) groups is 1. The summed E-state index contributed by atoms with van der Waals surface area (Å²) in [4.78, 5) is 17.0. The summed E-state index contributed by atoms with van der Waals surface area (Å²) in [5.41, 5.74) is 0.260. The van der Waals surface area contributed by atoms with Crippen LogP contribution in [0.3, 0.4) is 0 Å². The first-order valence-corrected chi connectivity index (χ1v) is 4.64. The van der Waals surface area contributed by atoms with Crippen molar-refractivity contribution in [2.45, 2.75) is 13.8 Å². The number of rotatable bonds is 3. The Bertz CT molecular complexity index is 322. The van der Waals surface area contributed by atoms with Gasteiger partial charge < -0.3 is 10.0 Å². The van der Waals surface area contributed by atoms with Gasteiger partial charge in [0.1, 0.15) is 5.56 Å². The molecule has 4 nitrogen and oxygen atoms in total. The van der Waals surface area contributed by atoms with Crippen LogP contribution < -0.4 is 0 Å². The van der Waals surface area contributed by atoms with E-state index in [0.717, 1.165) is 0 Å². The molecule has 0 saturated carbocycles. The van der Waals surface area contributed by atoms with Crippen molar-refractivity contribution in [3.8, 4) is 5.88 Å². The third kappa shape index (κ3) is 2.02. The number of nitrogens with zero attached hydrogens (tertiary/aromatic N) is 2. The fourth-order valence-corrected chi connectivity index (χ4v) is 1.25. The van der Waals surface area contributed by atoms with E-state index in [4.69, 9.17) is 0 Å². The van der Waals surface area contributed by atoms with Gasteiger partial charge in [-0.05, 0) is 26.0 Å². The maximum Gasteiger partial charge on any atom is 0.259 e. The van der Waals surface area contributed by atoms with Gasteiger partial charge in [0, 0.05) is 19.3 Å². The fourth-order valence-electron chi connectivity index (χ4n) is 1.25. The van der Waals surface area contributed by atoms with Crippen molar-refractivity contribution in [1.29, 1.82) is 0 Å². The first-order chi connectivity index (χ1) is 6.70. The summed E-state index contributed by atoms with van der Waals surface area (Å²) in [6, 6.07) is 3.21. The predicted molar refractivity (Wildman–Crippen MR) is 53.2 cm³/mol. The summed E-state index contributed by atoms with van der Waals surface area (Å²) in [5.74, 6) is -0.384. The first-order valence-electron chi connectivity index (χ1n) is 4.64. The zero-order valence-corrected chi connectivity index (χ0v) is 8.40. The van der Waals surface area contributed by atoms with E-state index in [1.807, 2.05) is 13.8 Å². The van der Waals surface area contributed by atoms with Crippen LogP contribution in [0.1, 0.15) is 24.2 Å². The lowest BCUT2D eigenvalue weighted by Gasteiger charge is -2.18. The van der Waals surface area contributed by atoms with Crippen molar-refractivity contribution in [3.63, 3.8) is 0 Å². The van der Waals surface area contributed by atoms with Crippen LogP contribution in [0.4, 0.5) is 0 Å². The monoisotopic (exact) mass is 194 g/mol. The third-order valence-corrected chi connectivity index (χ3v) is 2.07. The van der Waals surface area contributed by atoms with Gasteiger partial charge in [0.25, 0.3) is 5.91 Å². The van der Waals surface area contributed by atoms with Crippen LogP contribution in [0.2, 0.25) is 0 Å². The van der Waals surface area contributed by atoms with Crippen molar-refractivity contribution in [2.75, 3.05) is 13.1 Å². The molecule has 0 fully saturated rings. The van der Waals surface area contributed by atoms with Gasteiger partial charge in [0.15, 0.2) is 0 Å². The van der Waals surface area contributed by atoms with Gasteiger partial charge in [-0.3, -0.25) is 4.79 Å². The van der Waals surface area contributed by atoms with E-state index >= 15 is 0 Å². The highest BCUT2D eigenvalue weighted by atomic mass is 16.3. The topological polar surface area (TPSA) is 53.4 Å². The molecule has 1 N–H and O–H groups in total. The lowest BCUT2D eigenvalue weighted by Crippen LogP contribution is -2.30. The molecule has 0 atom stereocenters. The Kier molecular flexibility index (Phi) is 3.45. The molecule has 1 aromatic heterocycles. The van der Waals surface area contributed by atoms with Crippen molar-refractivity contribution in [3.05, 3.63) is 23.9 Å². The van der Waals surface area contributed by atoms with E-state index in [9.17, 15) is 9.90 Å². The van der Waals surface area contributed by atoms with Gasteiger partial charge in [0.05, 0.1) is 0 Å². The van der Waals surface area contributed by atoms with Gasteiger partial charge in [-0.1, -0.05) is 0 Å². The number of amides is 1. The molecule has 0 bridgehead atoms. The second-order valence-electron chi connectivity index (χ2n) is 2.85. The van der Waals surface area contributed by atoms with Crippen molar-refractivity contribution >= 4 is 5.91 Å². The minimum atomic E-state index is -0.204. The molecule has 0 unspecified atom stereocenters. The van der Waals surface area contributed by atoms with E-state index in [1.54, 1.807) is 17.0 Å². The number of hydrogen-bond acceptors (Lipinski definition) is 3.